The van der Waals surface area contributed by atoms with Gasteiger partial charge >= 0.3 is 0 Å². The summed E-state index contributed by atoms with van der Waals surface area (Å²) in [5, 5.41) is 10.8. The summed E-state index contributed by atoms with van der Waals surface area (Å²) in [5.74, 6) is 0.708. The van der Waals surface area contributed by atoms with E-state index in [9.17, 15) is 9.59 Å². The third-order valence-corrected chi connectivity index (χ3v) is 4.91. The molecule has 9 nitrogen and oxygen atoms in total. The Morgan fingerprint density at radius 1 is 1.29 bits per heavy atom. The second-order valence-electron chi connectivity index (χ2n) is 6.73. The zero-order chi connectivity index (χ0) is 19.5. The number of aromatic nitrogens is 3. The van der Waals surface area contributed by atoms with Crippen molar-refractivity contribution in [3.05, 3.63) is 40.3 Å². The van der Waals surface area contributed by atoms with Crippen LogP contribution in [0.2, 0.25) is 0 Å². The van der Waals surface area contributed by atoms with E-state index in [-0.39, 0.29) is 11.8 Å². The number of hydrogen-bond donors (Lipinski definition) is 1. The number of anilines is 2. The van der Waals surface area contributed by atoms with E-state index < -0.39 is 11.5 Å². The Hall–Kier alpha value is -2.94. The van der Waals surface area contributed by atoms with Crippen molar-refractivity contribution in [3.8, 4) is 5.75 Å². The molecule has 1 aromatic carbocycles. The van der Waals surface area contributed by atoms with Crippen LogP contribution >= 0.6 is 0 Å². The van der Waals surface area contributed by atoms with E-state index in [4.69, 9.17) is 9.47 Å². The van der Waals surface area contributed by atoms with Gasteiger partial charge in [-0.2, -0.15) is 0 Å². The van der Waals surface area contributed by atoms with Gasteiger partial charge in [-0.1, -0.05) is 0 Å². The van der Waals surface area contributed by atoms with E-state index in [2.05, 4.69) is 15.5 Å². The fraction of sp³-hybridized carbons (Fsp3) is 0.474. The molecule has 148 valence electrons. The Kier molecular flexibility index (Phi) is 5.25. The lowest BCUT2D eigenvalue weighted by Crippen LogP contribution is -2.38. The monoisotopic (exact) mass is 385 g/mol. The molecule has 0 aliphatic carbocycles. The van der Waals surface area contributed by atoms with Crippen LogP contribution in [0.5, 0.6) is 5.75 Å². The number of ether oxygens (including phenoxy) is 2. The summed E-state index contributed by atoms with van der Waals surface area (Å²) in [7, 11) is 0. The van der Waals surface area contributed by atoms with Gasteiger partial charge in [-0.15, -0.1) is 10.2 Å². The van der Waals surface area contributed by atoms with E-state index >= 15 is 0 Å². The molecule has 0 radical (unpaired) electrons. The zero-order valence-electron chi connectivity index (χ0n) is 15.8. The van der Waals surface area contributed by atoms with Gasteiger partial charge in [0.15, 0.2) is 0 Å². The van der Waals surface area contributed by atoms with Crippen molar-refractivity contribution in [2.24, 2.45) is 0 Å². The normalized spacial score (nSPS) is 18.2. The SMILES string of the molecule is CCOc1ccc(N2CCn3c2nnc(C(=O)NC[C@@H]2CCCO2)c3=O)cc1. The maximum absolute atomic E-state index is 12.7. The van der Waals surface area contributed by atoms with Crippen LogP contribution in [-0.4, -0.2) is 53.1 Å². The van der Waals surface area contributed by atoms with E-state index in [1.54, 1.807) is 0 Å². The molecule has 2 aliphatic heterocycles. The highest BCUT2D eigenvalue weighted by Crippen LogP contribution is 2.28. The summed E-state index contributed by atoms with van der Waals surface area (Å²) in [6.45, 7) is 4.65. The van der Waals surface area contributed by atoms with Gasteiger partial charge in [-0.05, 0) is 44.0 Å². The number of nitrogens with zero attached hydrogens (tertiary/aromatic N) is 4. The molecule has 1 fully saturated rings. The highest BCUT2D eigenvalue weighted by atomic mass is 16.5. The van der Waals surface area contributed by atoms with Crippen molar-refractivity contribution in [2.45, 2.75) is 32.4 Å². The molecule has 1 aromatic heterocycles. The molecule has 1 N–H and O–H groups in total. The summed E-state index contributed by atoms with van der Waals surface area (Å²) >= 11 is 0. The maximum atomic E-state index is 12.7. The Bertz CT molecular complexity index is 906. The molecule has 28 heavy (non-hydrogen) atoms. The van der Waals surface area contributed by atoms with E-state index in [0.717, 1.165) is 24.3 Å². The summed E-state index contributed by atoms with van der Waals surface area (Å²) < 4.78 is 12.4. The van der Waals surface area contributed by atoms with Crippen LogP contribution in [0.3, 0.4) is 0 Å². The van der Waals surface area contributed by atoms with E-state index in [0.29, 0.717) is 38.8 Å². The highest BCUT2D eigenvalue weighted by Gasteiger charge is 2.27. The first-order valence-electron chi connectivity index (χ1n) is 9.55. The second kappa shape index (κ2) is 7.97. The fourth-order valence-electron chi connectivity index (χ4n) is 3.48. The molecule has 1 amide bonds. The lowest BCUT2D eigenvalue weighted by molar-refractivity contribution is 0.0851. The predicted octanol–water partition coefficient (Wildman–Crippen LogP) is 1.10. The molecule has 9 heteroatoms. The molecule has 3 heterocycles. The minimum absolute atomic E-state index is 0.00393. The summed E-state index contributed by atoms with van der Waals surface area (Å²) in [5.41, 5.74) is 0.276. The van der Waals surface area contributed by atoms with Crippen LogP contribution in [0, 0.1) is 0 Å². The zero-order valence-corrected chi connectivity index (χ0v) is 15.8. The lowest BCUT2D eigenvalue weighted by atomic mass is 10.2. The molecule has 1 atom stereocenters. The lowest BCUT2D eigenvalue weighted by Gasteiger charge is -2.17. The minimum Gasteiger partial charge on any atom is -0.494 e. The number of nitrogens with one attached hydrogen (secondary N) is 1. The molecule has 0 bridgehead atoms. The molecule has 0 spiro atoms. The van der Waals surface area contributed by atoms with Crippen LogP contribution < -0.4 is 20.5 Å². The number of hydrogen-bond acceptors (Lipinski definition) is 7. The third-order valence-electron chi connectivity index (χ3n) is 4.91. The van der Waals surface area contributed by atoms with E-state index in [1.807, 2.05) is 36.1 Å². The first-order valence-corrected chi connectivity index (χ1v) is 9.55. The number of fused-ring (bicyclic) bond motifs is 1. The Morgan fingerprint density at radius 3 is 2.82 bits per heavy atom. The number of carbonyl (C=O) groups excluding carboxylic acids is 1. The molecule has 1 saturated heterocycles. The molecule has 2 aliphatic rings. The molecule has 2 aromatic rings. The molecule has 0 unspecified atom stereocenters. The van der Waals surface area contributed by atoms with Crippen molar-refractivity contribution >= 4 is 17.5 Å². The Morgan fingerprint density at radius 2 is 2.11 bits per heavy atom. The summed E-state index contributed by atoms with van der Waals surface area (Å²) in [4.78, 5) is 27.0. The van der Waals surface area contributed by atoms with Gasteiger partial charge < -0.3 is 19.7 Å². The number of amides is 1. The van der Waals surface area contributed by atoms with E-state index in [1.165, 1.54) is 4.57 Å². The van der Waals surface area contributed by atoms with Crippen LogP contribution in [-0.2, 0) is 11.3 Å². The first kappa shape index (κ1) is 18.4. The summed E-state index contributed by atoms with van der Waals surface area (Å²) in [6.07, 6.45) is 1.90. The molecular formula is C19H23N5O4. The van der Waals surface area contributed by atoms with Crippen molar-refractivity contribution in [1.29, 1.82) is 0 Å². The van der Waals surface area contributed by atoms with Gasteiger partial charge in [0.05, 0.1) is 12.7 Å². The largest absolute Gasteiger partial charge is 0.494 e. The van der Waals surface area contributed by atoms with Crippen molar-refractivity contribution in [3.63, 3.8) is 0 Å². The van der Waals surface area contributed by atoms with Gasteiger partial charge in [-0.25, -0.2) is 0 Å². The Labute approximate surface area is 162 Å². The number of benzene rings is 1. The molecule has 0 saturated carbocycles. The average Bonchev–Trinajstić information content (AvgIpc) is 3.37. The predicted molar refractivity (Wildman–Crippen MR) is 102 cm³/mol. The topological polar surface area (TPSA) is 98.6 Å². The van der Waals surface area contributed by atoms with Gasteiger partial charge in [0.1, 0.15) is 5.75 Å². The minimum atomic E-state index is -0.511. The van der Waals surface area contributed by atoms with Crippen molar-refractivity contribution in [2.75, 3.05) is 31.2 Å². The molecule has 4 rings (SSSR count). The number of carbonyl (C=O) groups is 1. The second-order valence-corrected chi connectivity index (χ2v) is 6.73. The fourth-order valence-corrected chi connectivity index (χ4v) is 3.48. The quantitative estimate of drug-likeness (QED) is 0.795. The van der Waals surface area contributed by atoms with Crippen molar-refractivity contribution in [1.82, 2.24) is 20.1 Å². The smallest absolute Gasteiger partial charge is 0.286 e. The third kappa shape index (κ3) is 3.57. The van der Waals surface area contributed by atoms with Gasteiger partial charge in [0, 0.05) is 31.9 Å². The van der Waals surface area contributed by atoms with Gasteiger partial charge in [0.25, 0.3) is 11.5 Å². The summed E-state index contributed by atoms with van der Waals surface area (Å²) in [6, 6.07) is 7.57. The Balaban J connectivity index is 1.51. The standard InChI is InChI=1S/C19H23N5O4/c1-2-27-14-7-5-13(6-8-14)23-9-10-24-18(26)16(21-22-19(23)24)17(25)20-12-15-4-3-11-28-15/h5-8,15H,2-4,9-12H2,1H3,(H,20,25)/t15-/m0/s1. The van der Waals surface area contributed by atoms with Gasteiger partial charge in [0.2, 0.25) is 11.6 Å². The van der Waals surface area contributed by atoms with Crippen LogP contribution in [0.25, 0.3) is 0 Å². The maximum Gasteiger partial charge on any atom is 0.286 e. The van der Waals surface area contributed by atoms with Crippen LogP contribution in [0.4, 0.5) is 11.6 Å². The molecular weight excluding hydrogens is 362 g/mol. The van der Waals surface area contributed by atoms with Crippen LogP contribution in [0.1, 0.15) is 30.3 Å². The average molecular weight is 385 g/mol. The first-order chi connectivity index (χ1) is 13.7. The van der Waals surface area contributed by atoms with Gasteiger partial charge in [-0.3, -0.25) is 14.2 Å². The number of rotatable bonds is 6. The van der Waals surface area contributed by atoms with Crippen molar-refractivity contribution < 1.29 is 14.3 Å². The van der Waals surface area contributed by atoms with Crippen LogP contribution in [0.15, 0.2) is 29.1 Å². The highest BCUT2D eigenvalue weighted by molar-refractivity contribution is 5.91.